The number of pyridine rings is 1. The highest BCUT2D eigenvalue weighted by Crippen LogP contribution is 2.15. The van der Waals surface area contributed by atoms with Gasteiger partial charge in [0.05, 0.1) is 0 Å². The Balaban J connectivity index is 1.96. The first kappa shape index (κ1) is 11.9. The Morgan fingerprint density at radius 2 is 2.47 bits per heavy atom. The first-order valence-electron chi connectivity index (χ1n) is 5.88. The van der Waals surface area contributed by atoms with Crippen LogP contribution in [0.2, 0.25) is 0 Å². The number of nitrogens with zero attached hydrogens (tertiary/aromatic N) is 1. The van der Waals surface area contributed by atoms with Gasteiger partial charge in [-0.15, -0.1) is 0 Å². The molecule has 1 unspecified atom stereocenters. The van der Waals surface area contributed by atoms with Gasteiger partial charge in [0, 0.05) is 12.2 Å². The molecule has 1 fully saturated rings. The molecule has 0 spiro atoms. The maximum Gasteiger partial charge on any atom is 0.254 e. The zero-order valence-electron chi connectivity index (χ0n) is 9.69. The van der Waals surface area contributed by atoms with Crippen molar-refractivity contribution in [3.63, 3.8) is 0 Å². The van der Waals surface area contributed by atoms with E-state index in [0.29, 0.717) is 24.1 Å². The van der Waals surface area contributed by atoms with Gasteiger partial charge in [-0.25, -0.2) is 4.98 Å². The molecule has 1 atom stereocenters. The summed E-state index contributed by atoms with van der Waals surface area (Å²) in [7, 11) is 0. The smallest absolute Gasteiger partial charge is 0.254 e. The standard InChI is InChI=1S/C12H17N3O2/c13-11(16)10-5-3-7-15-12(10)17-8-9-4-1-2-6-14-9/h3,5,7,9,14H,1-2,4,6,8H2,(H2,13,16). The summed E-state index contributed by atoms with van der Waals surface area (Å²) in [5.74, 6) is -0.183. The van der Waals surface area contributed by atoms with E-state index in [9.17, 15) is 4.79 Å². The number of carbonyl (C=O) groups excluding carboxylic acids is 1. The topological polar surface area (TPSA) is 77.2 Å². The van der Waals surface area contributed by atoms with Crippen LogP contribution in [0, 0.1) is 0 Å². The molecule has 3 N–H and O–H groups in total. The number of ether oxygens (including phenoxy) is 1. The second-order valence-electron chi connectivity index (χ2n) is 4.18. The van der Waals surface area contributed by atoms with Gasteiger partial charge < -0.3 is 15.8 Å². The summed E-state index contributed by atoms with van der Waals surface area (Å²) in [6.45, 7) is 1.55. The fourth-order valence-corrected chi connectivity index (χ4v) is 1.94. The molecule has 1 aliphatic rings. The van der Waals surface area contributed by atoms with E-state index < -0.39 is 5.91 Å². The number of amides is 1. The fraction of sp³-hybridized carbons (Fsp3) is 0.500. The predicted octanol–water partition coefficient (Wildman–Crippen LogP) is 0.701. The molecule has 0 saturated carbocycles. The lowest BCUT2D eigenvalue weighted by molar-refractivity contribution is 0.0994. The minimum absolute atomic E-state index is 0.326. The van der Waals surface area contributed by atoms with Gasteiger partial charge in [-0.05, 0) is 31.5 Å². The van der Waals surface area contributed by atoms with Crippen LogP contribution in [0.25, 0.3) is 0 Å². The summed E-state index contributed by atoms with van der Waals surface area (Å²) in [5.41, 5.74) is 5.59. The third kappa shape index (κ3) is 3.17. The van der Waals surface area contributed by atoms with Crippen molar-refractivity contribution >= 4 is 5.91 Å². The van der Waals surface area contributed by atoms with E-state index in [1.807, 2.05) is 0 Å². The first-order chi connectivity index (χ1) is 8.27. The normalized spacial score (nSPS) is 19.9. The van der Waals surface area contributed by atoms with Crippen LogP contribution < -0.4 is 15.8 Å². The second-order valence-corrected chi connectivity index (χ2v) is 4.18. The van der Waals surface area contributed by atoms with E-state index in [1.165, 1.54) is 12.8 Å². The third-order valence-corrected chi connectivity index (χ3v) is 2.87. The van der Waals surface area contributed by atoms with Crippen molar-refractivity contribution in [2.75, 3.05) is 13.2 Å². The molecule has 1 aliphatic heterocycles. The highest BCUT2D eigenvalue weighted by molar-refractivity contribution is 5.94. The number of carbonyl (C=O) groups is 1. The van der Waals surface area contributed by atoms with Gasteiger partial charge in [0.25, 0.3) is 5.91 Å². The molecule has 17 heavy (non-hydrogen) atoms. The van der Waals surface area contributed by atoms with Crippen LogP contribution in [0.5, 0.6) is 5.88 Å². The minimum atomic E-state index is -0.510. The van der Waals surface area contributed by atoms with Gasteiger partial charge >= 0.3 is 0 Å². The van der Waals surface area contributed by atoms with Crippen LogP contribution in [-0.4, -0.2) is 30.1 Å². The molecule has 1 amide bonds. The minimum Gasteiger partial charge on any atom is -0.475 e. The maximum atomic E-state index is 11.2. The summed E-state index contributed by atoms with van der Waals surface area (Å²) >= 11 is 0. The monoisotopic (exact) mass is 235 g/mol. The molecular formula is C12H17N3O2. The van der Waals surface area contributed by atoms with Crippen LogP contribution >= 0.6 is 0 Å². The second kappa shape index (κ2) is 5.63. The van der Waals surface area contributed by atoms with Crippen molar-refractivity contribution in [3.05, 3.63) is 23.9 Å². The van der Waals surface area contributed by atoms with E-state index in [1.54, 1.807) is 18.3 Å². The number of nitrogens with one attached hydrogen (secondary N) is 1. The molecule has 2 heterocycles. The molecule has 0 radical (unpaired) electrons. The molecule has 2 rings (SSSR count). The quantitative estimate of drug-likeness (QED) is 0.805. The average Bonchev–Trinajstić information content (AvgIpc) is 2.38. The van der Waals surface area contributed by atoms with E-state index >= 15 is 0 Å². The van der Waals surface area contributed by atoms with Crippen LogP contribution in [0.1, 0.15) is 29.6 Å². The van der Waals surface area contributed by atoms with Gasteiger partial charge in [0.15, 0.2) is 0 Å². The molecule has 0 aromatic carbocycles. The molecule has 1 saturated heterocycles. The zero-order valence-corrected chi connectivity index (χ0v) is 9.69. The van der Waals surface area contributed by atoms with E-state index in [-0.39, 0.29) is 0 Å². The molecule has 92 valence electrons. The number of hydrogen-bond donors (Lipinski definition) is 2. The summed E-state index contributed by atoms with van der Waals surface area (Å²) in [4.78, 5) is 15.2. The number of hydrogen-bond acceptors (Lipinski definition) is 4. The lowest BCUT2D eigenvalue weighted by Crippen LogP contribution is -2.38. The lowest BCUT2D eigenvalue weighted by Gasteiger charge is -2.23. The van der Waals surface area contributed by atoms with Crippen molar-refractivity contribution in [2.45, 2.75) is 25.3 Å². The van der Waals surface area contributed by atoms with Gasteiger partial charge in [-0.3, -0.25) is 4.79 Å². The van der Waals surface area contributed by atoms with Crippen molar-refractivity contribution in [2.24, 2.45) is 5.73 Å². The molecular weight excluding hydrogens is 218 g/mol. The van der Waals surface area contributed by atoms with Gasteiger partial charge in [0.1, 0.15) is 12.2 Å². The van der Waals surface area contributed by atoms with Crippen molar-refractivity contribution in [3.8, 4) is 5.88 Å². The van der Waals surface area contributed by atoms with Crippen molar-refractivity contribution in [1.82, 2.24) is 10.3 Å². The Morgan fingerprint density at radius 1 is 1.59 bits per heavy atom. The largest absolute Gasteiger partial charge is 0.475 e. The van der Waals surface area contributed by atoms with Crippen molar-refractivity contribution in [1.29, 1.82) is 0 Å². The molecule has 5 nitrogen and oxygen atoms in total. The Bertz CT molecular complexity index is 389. The van der Waals surface area contributed by atoms with Gasteiger partial charge in [-0.2, -0.15) is 0 Å². The summed E-state index contributed by atoms with van der Waals surface area (Å²) < 4.78 is 5.56. The summed E-state index contributed by atoms with van der Waals surface area (Å²) in [6.07, 6.45) is 5.12. The van der Waals surface area contributed by atoms with E-state index in [2.05, 4.69) is 10.3 Å². The maximum absolute atomic E-state index is 11.2. The Morgan fingerprint density at radius 3 is 3.18 bits per heavy atom. The highest BCUT2D eigenvalue weighted by Gasteiger charge is 2.15. The van der Waals surface area contributed by atoms with Crippen LogP contribution in [0.15, 0.2) is 18.3 Å². The number of rotatable bonds is 4. The number of primary amides is 1. The average molecular weight is 235 g/mol. The van der Waals surface area contributed by atoms with E-state index in [4.69, 9.17) is 10.5 Å². The highest BCUT2D eigenvalue weighted by atomic mass is 16.5. The third-order valence-electron chi connectivity index (χ3n) is 2.87. The van der Waals surface area contributed by atoms with Crippen LogP contribution in [0.3, 0.4) is 0 Å². The Labute approximate surface area is 100 Å². The number of nitrogens with two attached hydrogens (primary N) is 1. The number of piperidine rings is 1. The molecule has 1 aromatic rings. The van der Waals surface area contributed by atoms with Crippen molar-refractivity contribution < 1.29 is 9.53 Å². The fourth-order valence-electron chi connectivity index (χ4n) is 1.94. The SMILES string of the molecule is NC(=O)c1cccnc1OCC1CCCCN1. The molecule has 5 heteroatoms. The van der Waals surface area contributed by atoms with Gasteiger partial charge in [-0.1, -0.05) is 6.42 Å². The Hall–Kier alpha value is -1.62. The summed E-state index contributed by atoms with van der Waals surface area (Å²) in [6, 6.07) is 3.64. The summed E-state index contributed by atoms with van der Waals surface area (Å²) in [5, 5.41) is 3.37. The van der Waals surface area contributed by atoms with Gasteiger partial charge in [0.2, 0.25) is 5.88 Å². The molecule has 1 aromatic heterocycles. The van der Waals surface area contributed by atoms with Crippen LogP contribution in [0.4, 0.5) is 0 Å². The predicted molar refractivity (Wildman–Crippen MR) is 63.9 cm³/mol. The van der Waals surface area contributed by atoms with E-state index in [0.717, 1.165) is 13.0 Å². The lowest BCUT2D eigenvalue weighted by atomic mass is 10.1. The molecule has 0 bridgehead atoms. The number of aromatic nitrogens is 1. The first-order valence-corrected chi connectivity index (χ1v) is 5.88. The van der Waals surface area contributed by atoms with Crippen LogP contribution in [-0.2, 0) is 0 Å². The molecule has 0 aliphatic carbocycles. The zero-order chi connectivity index (χ0) is 12.1. The Kier molecular flexibility index (Phi) is 3.93.